The zero-order chi connectivity index (χ0) is 19.3. The second kappa shape index (κ2) is 5.84. The number of benzene rings is 1. The van der Waals surface area contributed by atoms with Crippen molar-refractivity contribution in [2.24, 2.45) is 0 Å². The summed E-state index contributed by atoms with van der Waals surface area (Å²) in [5.41, 5.74) is 0.900. The third-order valence-electron chi connectivity index (χ3n) is 4.83. The number of hydrogen-bond acceptors (Lipinski definition) is 5. The minimum atomic E-state index is -1.00. The number of carboxylic acids is 1. The van der Waals surface area contributed by atoms with E-state index >= 15 is 0 Å². The molecule has 3 heterocycles. The first kappa shape index (κ1) is 17.1. The SMILES string of the molecule is CC1(C)OC(=O)C2=C1NC(=O)C[C@H]2c1ccc(-c2ccc(C(=O)O)cc2)o1. The summed E-state index contributed by atoms with van der Waals surface area (Å²) in [5, 5.41) is 11.7. The Kier molecular flexibility index (Phi) is 3.69. The lowest BCUT2D eigenvalue weighted by atomic mass is 9.86. The van der Waals surface area contributed by atoms with Gasteiger partial charge in [0.1, 0.15) is 17.1 Å². The van der Waals surface area contributed by atoms with Crippen LogP contribution in [0.25, 0.3) is 11.3 Å². The normalized spacial score (nSPS) is 20.9. The maximum absolute atomic E-state index is 12.4. The molecule has 138 valence electrons. The van der Waals surface area contributed by atoms with Crippen molar-refractivity contribution in [1.29, 1.82) is 0 Å². The fraction of sp³-hybridized carbons (Fsp3) is 0.250. The molecule has 0 bridgehead atoms. The molecular weight excluding hydrogens is 350 g/mol. The number of carbonyl (C=O) groups excluding carboxylic acids is 2. The quantitative estimate of drug-likeness (QED) is 0.808. The topological polar surface area (TPSA) is 106 Å². The van der Waals surface area contributed by atoms with Crippen molar-refractivity contribution < 1.29 is 28.6 Å². The maximum atomic E-state index is 12.4. The lowest BCUT2D eigenvalue weighted by Crippen LogP contribution is -2.38. The predicted molar refractivity (Wildman–Crippen MR) is 93.8 cm³/mol. The first-order valence-electron chi connectivity index (χ1n) is 8.47. The molecular formula is C20H17NO6. The van der Waals surface area contributed by atoms with E-state index < -0.39 is 23.5 Å². The van der Waals surface area contributed by atoms with E-state index in [4.69, 9.17) is 14.3 Å². The van der Waals surface area contributed by atoms with Crippen LogP contribution in [0.15, 0.2) is 52.1 Å². The number of carbonyl (C=O) groups is 3. The Morgan fingerprint density at radius 3 is 2.52 bits per heavy atom. The van der Waals surface area contributed by atoms with Crippen LogP contribution in [-0.4, -0.2) is 28.6 Å². The molecule has 7 nitrogen and oxygen atoms in total. The standard InChI is InChI=1S/C20H17NO6/c1-20(2)17-16(19(25)27-20)12(9-15(22)21-17)14-8-7-13(26-14)10-3-5-11(6-4-10)18(23)24/h3-8,12H,9H2,1-2H3,(H,21,22)(H,23,24)/t12-/m0/s1. The molecule has 2 N–H and O–H groups in total. The molecule has 1 atom stereocenters. The van der Waals surface area contributed by atoms with Crippen molar-refractivity contribution in [3.05, 3.63) is 59.0 Å². The van der Waals surface area contributed by atoms with Gasteiger partial charge in [-0.25, -0.2) is 9.59 Å². The van der Waals surface area contributed by atoms with Gasteiger partial charge in [-0.3, -0.25) is 4.79 Å². The summed E-state index contributed by atoms with van der Waals surface area (Å²) in [4.78, 5) is 35.5. The van der Waals surface area contributed by atoms with Gasteiger partial charge in [0.05, 0.1) is 22.8 Å². The van der Waals surface area contributed by atoms with Crippen LogP contribution in [0.3, 0.4) is 0 Å². The second-order valence-corrected chi connectivity index (χ2v) is 7.08. The van der Waals surface area contributed by atoms with Crippen LogP contribution in [0.1, 0.15) is 42.3 Å². The average molecular weight is 367 g/mol. The van der Waals surface area contributed by atoms with Gasteiger partial charge in [-0.05, 0) is 38.1 Å². The molecule has 0 spiro atoms. The van der Waals surface area contributed by atoms with Gasteiger partial charge in [-0.15, -0.1) is 0 Å². The first-order valence-corrected chi connectivity index (χ1v) is 8.47. The van der Waals surface area contributed by atoms with Crippen molar-refractivity contribution in [2.75, 3.05) is 0 Å². The van der Waals surface area contributed by atoms with Crippen LogP contribution in [0.2, 0.25) is 0 Å². The zero-order valence-corrected chi connectivity index (χ0v) is 14.7. The summed E-state index contributed by atoms with van der Waals surface area (Å²) < 4.78 is 11.3. The summed E-state index contributed by atoms with van der Waals surface area (Å²) in [7, 11) is 0. The molecule has 0 unspecified atom stereocenters. The zero-order valence-electron chi connectivity index (χ0n) is 14.7. The van der Waals surface area contributed by atoms with E-state index in [-0.39, 0.29) is 17.9 Å². The van der Waals surface area contributed by atoms with E-state index in [1.807, 2.05) is 0 Å². The van der Waals surface area contributed by atoms with E-state index in [9.17, 15) is 14.4 Å². The lowest BCUT2D eigenvalue weighted by Gasteiger charge is -2.26. The highest BCUT2D eigenvalue weighted by atomic mass is 16.6. The molecule has 27 heavy (non-hydrogen) atoms. The Morgan fingerprint density at radius 1 is 1.15 bits per heavy atom. The number of esters is 1. The van der Waals surface area contributed by atoms with Gasteiger partial charge >= 0.3 is 11.9 Å². The Bertz CT molecular complexity index is 996. The second-order valence-electron chi connectivity index (χ2n) is 7.08. The molecule has 2 aromatic rings. The number of hydrogen-bond donors (Lipinski definition) is 2. The van der Waals surface area contributed by atoms with Gasteiger partial charge < -0.3 is 19.6 Å². The summed E-state index contributed by atoms with van der Waals surface area (Å²) in [6.07, 6.45) is 0.0922. The molecule has 2 aliphatic heterocycles. The predicted octanol–water partition coefficient (Wildman–Crippen LogP) is 2.84. The number of amides is 1. The summed E-state index contributed by atoms with van der Waals surface area (Å²) in [6.45, 7) is 3.46. The molecule has 0 saturated carbocycles. The molecule has 0 aliphatic carbocycles. The fourth-order valence-corrected chi connectivity index (χ4v) is 3.49. The van der Waals surface area contributed by atoms with Crippen LogP contribution in [0.4, 0.5) is 0 Å². The molecule has 0 fully saturated rings. The van der Waals surface area contributed by atoms with Crippen LogP contribution >= 0.6 is 0 Å². The van der Waals surface area contributed by atoms with Gasteiger partial charge in [-0.2, -0.15) is 0 Å². The van der Waals surface area contributed by atoms with Gasteiger partial charge in [0.15, 0.2) is 0 Å². The number of cyclic esters (lactones) is 1. The molecule has 7 heteroatoms. The summed E-state index contributed by atoms with van der Waals surface area (Å²) in [5.74, 6) is -1.16. The monoisotopic (exact) mass is 367 g/mol. The van der Waals surface area contributed by atoms with Crippen molar-refractivity contribution in [2.45, 2.75) is 31.8 Å². The Hall–Kier alpha value is -3.35. The number of nitrogens with one attached hydrogen (secondary N) is 1. The highest BCUT2D eigenvalue weighted by Crippen LogP contribution is 2.43. The summed E-state index contributed by atoms with van der Waals surface area (Å²) >= 11 is 0. The van der Waals surface area contributed by atoms with Crippen molar-refractivity contribution >= 4 is 17.8 Å². The highest BCUT2D eigenvalue weighted by molar-refractivity contribution is 5.99. The first-order chi connectivity index (χ1) is 12.8. The van der Waals surface area contributed by atoms with Crippen LogP contribution in [0, 0.1) is 0 Å². The number of carboxylic acid groups (broad SMARTS) is 1. The van der Waals surface area contributed by atoms with Gasteiger partial charge in [0.25, 0.3) is 0 Å². The third-order valence-corrected chi connectivity index (χ3v) is 4.83. The smallest absolute Gasteiger partial charge is 0.337 e. The van der Waals surface area contributed by atoms with E-state index in [2.05, 4.69) is 5.32 Å². The van der Waals surface area contributed by atoms with E-state index in [1.165, 1.54) is 12.1 Å². The van der Waals surface area contributed by atoms with Gasteiger partial charge in [0, 0.05) is 12.0 Å². The fourth-order valence-electron chi connectivity index (χ4n) is 3.49. The molecule has 1 amide bonds. The largest absolute Gasteiger partial charge is 0.478 e. The van der Waals surface area contributed by atoms with Crippen molar-refractivity contribution in [3.63, 3.8) is 0 Å². The van der Waals surface area contributed by atoms with E-state index in [0.717, 1.165) is 0 Å². The minimum absolute atomic E-state index is 0.0922. The number of ether oxygens (including phenoxy) is 1. The van der Waals surface area contributed by atoms with E-state index in [0.29, 0.717) is 28.4 Å². The molecule has 1 aromatic heterocycles. The molecule has 2 aliphatic rings. The highest BCUT2D eigenvalue weighted by Gasteiger charge is 2.48. The van der Waals surface area contributed by atoms with Crippen molar-refractivity contribution in [3.8, 4) is 11.3 Å². The molecule has 0 saturated heterocycles. The lowest BCUT2D eigenvalue weighted by molar-refractivity contribution is -0.144. The van der Waals surface area contributed by atoms with E-state index in [1.54, 1.807) is 38.1 Å². The third kappa shape index (κ3) is 2.81. The van der Waals surface area contributed by atoms with Crippen molar-refractivity contribution in [1.82, 2.24) is 5.32 Å². The Labute approximate surface area is 154 Å². The average Bonchev–Trinajstić information content (AvgIpc) is 3.18. The number of furan rings is 1. The van der Waals surface area contributed by atoms with Crippen LogP contribution < -0.4 is 5.32 Å². The van der Waals surface area contributed by atoms with Crippen LogP contribution in [-0.2, 0) is 14.3 Å². The van der Waals surface area contributed by atoms with Gasteiger partial charge in [0.2, 0.25) is 5.91 Å². The Morgan fingerprint density at radius 2 is 1.85 bits per heavy atom. The van der Waals surface area contributed by atoms with Gasteiger partial charge in [-0.1, -0.05) is 12.1 Å². The minimum Gasteiger partial charge on any atom is -0.478 e. The van der Waals surface area contributed by atoms with Crippen LogP contribution in [0.5, 0.6) is 0 Å². The Balaban J connectivity index is 1.70. The molecule has 0 radical (unpaired) electrons. The summed E-state index contributed by atoms with van der Waals surface area (Å²) in [6, 6.07) is 9.75. The molecule has 4 rings (SSSR count). The molecule has 1 aromatic carbocycles. The maximum Gasteiger partial charge on any atom is 0.337 e. The number of rotatable bonds is 3. The number of aromatic carboxylic acids is 1.